The number of carboxylic acids is 1. The number of allylic oxidation sites excluding steroid dienone is 4. The lowest BCUT2D eigenvalue weighted by Gasteiger charge is -2.48. The first-order valence-electron chi connectivity index (χ1n) is 14.3. The summed E-state index contributed by atoms with van der Waals surface area (Å²) in [5, 5.41) is 32.7. The van der Waals surface area contributed by atoms with Crippen molar-refractivity contribution in [2.45, 2.75) is 59.3 Å². The Morgan fingerprint density at radius 1 is 0.867 bits per heavy atom. The fourth-order valence-corrected chi connectivity index (χ4v) is 6.62. The van der Waals surface area contributed by atoms with E-state index >= 15 is 0 Å². The SMILES string of the molecule is COc1cc(C2C3=C(CC(C)(C)CC3=O)N(CC(=O)O)C3=C2C(=O)CC(C)(C)C3)ccc1Oc1ccc([N+](=O)[O-])cc1[N+](=O)[O-]. The molecule has 2 aromatic rings. The highest BCUT2D eigenvalue weighted by Crippen LogP contribution is 2.55. The third kappa shape index (κ3) is 5.89. The van der Waals surface area contributed by atoms with Gasteiger partial charge < -0.3 is 19.5 Å². The summed E-state index contributed by atoms with van der Waals surface area (Å²) in [7, 11) is 1.36. The number of methoxy groups -OCH3 is 1. The molecule has 1 aliphatic heterocycles. The number of rotatable bonds is 8. The number of carboxylic acid groups (broad SMARTS) is 1. The number of carbonyl (C=O) groups excluding carboxylic acids is 2. The number of hydrogen-bond donors (Lipinski definition) is 1. The van der Waals surface area contributed by atoms with E-state index in [1.165, 1.54) is 13.2 Å². The lowest BCUT2D eigenvalue weighted by molar-refractivity contribution is -0.394. The molecule has 0 unspecified atom stereocenters. The minimum atomic E-state index is -1.08. The molecule has 0 amide bonds. The Morgan fingerprint density at radius 3 is 1.91 bits per heavy atom. The number of nitrogens with zero attached hydrogens (tertiary/aromatic N) is 3. The fourth-order valence-electron chi connectivity index (χ4n) is 6.62. The van der Waals surface area contributed by atoms with Crippen molar-refractivity contribution in [2.24, 2.45) is 10.8 Å². The number of benzene rings is 2. The predicted molar refractivity (Wildman–Crippen MR) is 160 cm³/mol. The molecular weight excluding hydrogens is 586 g/mol. The van der Waals surface area contributed by atoms with Gasteiger partial charge in [-0.2, -0.15) is 0 Å². The molecule has 5 rings (SSSR count). The van der Waals surface area contributed by atoms with Gasteiger partial charge in [0.25, 0.3) is 5.69 Å². The maximum absolute atomic E-state index is 13.9. The standard InChI is InChI=1S/C32H33N3O10/c1-31(2)12-20-29(22(36)14-31)28(30-21(33(20)16-27(38)39)13-32(3,4)15-23(30)37)17-6-8-25(26(10-17)44-5)45-24-9-7-18(34(40)41)11-19(24)35(42)43/h6-11,28H,12-16H2,1-5H3,(H,38,39). The van der Waals surface area contributed by atoms with Crippen molar-refractivity contribution in [1.82, 2.24) is 4.90 Å². The Balaban J connectivity index is 1.67. The van der Waals surface area contributed by atoms with Crippen molar-refractivity contribution >= 4 is 28.9 Å². The zero-order valence-corrected chi connectivity index (χ0v) is 25.5. The maximum Gasteiger partial charge on any atom is 0.323 e. The maximum atomic E-state index is 13.9. The van der Waals surface area contributed by atoms with Gasteiger partial charge in [-0.15, -0.1) is 0 Å². The van der Waals surface area contributed by atoms with Crippen molar-refractivity contribution in [3.05, 3.63) is 84.7 Å². The number of nitro benzene ring substituents is 2. The third-order valence-corrected chi connectivity index (χ3v) is 8.41. The van der Waals surface area contributed by atoms with Crippen LogP contribution in [0.4, 0.5) is 11.4 Å². The van der Waals surface area contributed by atoms with Crippen LogP contribution in [-0.4, -0.2) is 51.0 Å². The number of hydrogen-bond acceptors (Lipinski definition) is 10. The number of Topliss-reactive ketones (excluding diaryl/α,β-unsaturated/α-hetero) is 2. The summed E-state index contributed by atoms with van der Waals surface area (Å²) in [6.07, 6.45) is 1.30. The van der Waals surface area contributed by atoms with Gasteiger partial charge in [-0.3, -0.25) is 34.6 Å². The minimum absolute atomic E-state index is 0.0668. The second kappa shape index (κ2) is 11.1. The van der Waals surface area contributed by atoms with Gasteiger partial charge in [-0.25, -0.2) is 0 Å². The Kier molecular flexibility index (Phi) is 7.76. The second-order valence-corrected chi connectivity index (χ2v) is 13.2. The summed E-state index contributed by atoms with van der Waals surface area (Å²) in [6.45, 7) is 7.43. The van der Waals surface area contributed by atoms with E-state index in [0.29, 0.717) is 40.9 Å². The number of ether oxygens (including phenoxy) is 2. The van der Waals surface area contributed by atoms with Crippen LogP contribution in [0.15, 0.2) is 58.9 Å². The largest absolute Gasteiger partial charge is 0.493 e. The second-order valence-electron chi connectivity index (χ2n) is 13.2. The molecule has 0 bridgehead atoms. The topological polar surface area (TPSA) is 179 Å². The number of non-ortho nitro benzene ring substituents is 1. The van der Waals surface area contributed by atoms with Crippen molar-refractivity contribution in [3.63, 3.8) is 0 Å². The Hall–Kier alpha value is -5.07. The summed E-state index contributed by atoms with van der Waals surface area (Å²) in [6, 6.07) is 7.75. The zero-order chi connectivity index (χ0) is 33.0. The predicted octanol–water partition coefficient (Wildman–Crippen LogP) is 6.07. The quantitative estimate of drug-likeness (QED) is 0.267. The molecule has 0 atom stereocenters. The summed E-state index contributed by atoms with van der Waals surface area (Å²) in [5.74, 6) is -2.26. The van der Waals surface area contributed by atoms with E-state index in [1.807, 2.05) is 27.7 Å². The van der Waals surface area contributed by atoms with E-state index in [-0.39, 0.29) is 48.2 Å². The van der Waals surface area contributed by atoms with Crippen LogP contribution < -0.4 is 9.47 Å². The molecule has 0 spiro atoms. The normalized spacial score (nSPS) is 19.2. The van der Waals surface area contributed by atoms with Crippen molar-refractivity contribution < 1.29 is 38.8 Å². The Bertz CT molecular complexity index is 1680. The monoisotopic (exact) mass is 619 g/mol. The van der Waals surface area contributed by atoms with Gasteiger partial charge in [0, 0.05) is 47.4 Å². The molecule has 0 fully saturated rings. The van der Waals surface area contributed by atoms with Crippen LogP contribution in [0.2, 0.25) is 0 Å². The zero-order valence-electron chi connectivity index (χ0n) is 25.5. The molecule has 0 radical (unpaired) electrons. The average Bonchev–Trinajstić information content (AvgIpc) is 2.92. The molecule has 236 valence electrons. The molecular formula is C32H33N3O10. The minimum Gasteiger partial charge on any atom is -0.493 e. The molecule has 0 aromatic heterocycles. The van der Waals surface area contributed by atoms with Crippen LogP contribution in [-0.2, 0) is 14.4 Å². The van der Waals surface area contributed by atoms with Crippen LogP contribution in [0.3, 0.4) is 0 Å². The first kappa shape index (κ1) is 31.4. The van der Waals surface area contributed by atoms with Crippen LogP contribution in [0.25, 0.3) is 0 Å². The summed E-state index contributed by atoms with van der Waals surface area (Å²) >= 11 is 0. The average molecular weight is 620 g/mol. The molecule has 0 saturated carbocycles. The van der Waals surface area contributed by atoms with Crippen molar-refractivity contribution in [2.75, 3.05) is 13.7 Å². The van der Waals surface area contributed by atoms with Gasteiger partial charge in [-0.05, 0) is 47.4 Å². The molecule has 13 heteroatoms. The number of carbonyl (C=O) groups is 3. The van der Waals surface area contributed by atoms with E-state index in [4.69, 9.17) is 9.47 Å². The number of ketones is 2. The smallest absolute Gasteiger partial charge is 0.323 e. The number of aliphatic carboxylic acids is 1. The van der Waals surface area contributed by atoms with Gasteiger partial charge in [-0.1, -0.05) is 33.8 Å². The lowest BCUT2D eigenvalue weighted by atomic mass is 9.63. The summed E-state index contributed by atoms with van der Waals surface area (Å²) in [5.41, 5.74) is 0.525. The molecule has 1 N–H and O–H groups in total. The van der Waals surface area contributed by atoms with E-state index in [9.17, 15) is 39.7 Å². The highest BCUT2D eigenvalue weighted by Gasteiger charge is 2.49. The molecule has 45 heavy (non-hydrogen) atoms. The Labute approximate surface area is 258 Å². The van der Waals surface area contributed by atoms with Crippen LogP contribution in [0, 0.1) is 31.1 Å². The molecule has 2 aliphatic carbocycles. The van der Waals surface area contributed by atoms with Crippen LogP contribution >= 0.6 is 0 Å². The summed E-state index contributed by atoms with van der Waals surface area (Å²) < 4.78 is 11.4. The molecule has 13 nitrogen and oxygen atoms in total. The molecule has 3 aliphatic rings. The van der Waals surface area contributed by atoms with Crippen molar-refractivity contribution in [1.29, 1.82) is 0 Å². The molecule has 2 aromatic carbocycles. The van der Waals surface area contributed by atoms with Crippen LogP contribution in [0.5, 0.6) is 17.2 Å². The highest BCUT2D eigenvalue weighted by molar-refractivity contribution is 6.07. The fraction of sp³-hybridized carbons (Fsp3) is 0.406. The first-order valence-corrected chi connectivity index (χ1v) is 14.3. The summed E-state index contributed by atoms with van der Waals surface area (Å²) in [4.78, 5) is 62.8. The van der Waals surface area contributed by atoms with Gasteiger partial charge in [0.2, 0.25) is 5.75 Å². The van der Waals surface area contributed by atoms with Gasteiger partial charge in [0.1, 0.15) is 6.54 Å². The van der Waals surface area contributed by atoms with Gasteiger partial charge in [0.15, 0.2) is 23.1 Å². The first-order chi connectivity index (χ1) is 21.0. The third-order valence-electron chi connectivity index (χ3n) is 8.41. The van der Waals surface area contributed by atoms with Gasteiger partial charge >= 0.3 is 11.7 Å². The Morgan fingerprint density at radius 2 is 1.42 bits per heavy atom. The van der Waals surface area contributed by atoms with E-state index in [0.717, 1.165) is 18.2 Å². The van der Waals surface area contributed by atoms with Crippen molar-refractivity contribution in [3.8, 4) is 17.2 Å². The van der Waals surface area contributed by atoms with Gasteiger partial charge in [0.05, 0.1) is 23.0 Å². The highest BCUT2D eigenvalue weighted by atomic mass is 16.6. The lowest BCUT2D eigenvalue weighted by Crippen LogP contribution is -2.45. The molecule has 0 saturated heterocycles. The van der Waals surface area contributed by atoms with Crippen LogP contribution in [0.1, 0.15) is 64.9 Å². The van der Waals surface area contributed by atoms with E-state index in [1.54, 1.807) is 17.0 Å². The molecule has 1 heterocycles. The number of nitro groups is 2. The van der Waals surface area contributed by atoms with E-state index in [2.05, 4.69) is 0 Å². The van der Waals surface area contributed by atoms with E-state index < -0.39 is 43.9 Å².